The first kappa shape index (κ1) is 16.9. The van der Waals surface area contributed by atoms with Gasteiger partial charge in [-0.15, -0.1) is 0 Å². The third kappa shape index (κ3) is 3.44. The maximum atomic E-state index is 5.98. The van der Waals surface area contributed by atoms with Gasteiger partial charge in [0, 0.05) is 42.9 Å². The van der Waals surface area contributed by atoms with Crippen molar-refractivity contribution in [3.8, 4) is 0 Å². The lowest BCUT2D eigenvalue weighted by Gasteiger charge is -2.23. The van der Waals surface area contributed by atoms with E-state index in [0.29, 0.717) is 30.5 Å². The number of nitrogens with two attached hydrogens (primary N) is 1. The van der Waals surface area contributed by atoms with Gasteiger partial charge in [0.15, 0.2) is 0 Å². The predicted octanol–water partition coefficient (Wildman–Crippen LogP) is 1.81. The number of nitrogen functional groups attached to an aromatic ring is 1. The van der Waals surface area contributed by atoms with Gasteiger partial charge in [0.05, 0.1) is 5.69 Å². The Morgan fingerprint density at radius 3 is 3.00 bits per heavy atom. The first-order valence-corrected chi connectivity index (χ1v) is 8.80. The molecule has 0 spiro atoms. The summed E-state index contributed by atoms with van der Waals surface area (Å²) in [6, 6.07) is 2.94. The summed E-state index contributed by atoms with van der Waals surface area (Å²) >= 11 is 0. The number of nitrogens with one attached hydrogen (secondary N) is 2. The van der Waals surface area contributed by atoms with Crippen LogP contribution in [0.5, 0.6) is 0 Å². The highest BCUT2D eigenvalue weighted by molar-refractivity contribution is 5.54. The molecule has 0 aromatic carbocycles. The van der Waals surface area contributed by atoms with Crippen LogP contribution in [0.2, 0.25) is 0 Å². The van der Waals surface area contributed by atoms with Crippen LogP contribution in [-0.2, 0) is 6.54 Å². The maximum Gasteiger partial charge on any atom is 0.222 e. The smallest absolute Gasteiger partial charge is 0.222 e. The zero-order valence-electron chi connectivity index (χ0n) is 14.8. The lowest BCUT2D eigenvalue weighted by atomic mass is 9.93. The molecule has 1 fully saturated rings. The van der Waals surface area contributed by atoms with Crippen LogP contribution in [0.4, 0.5) is 11.8 Å². The Balaban J connectivity index is 1.84. The van der Waals surface area contributed by atoms with Gasteiger partial charge in [-0.1, -0.05) is 19.1 Å². The van der Waals surface area contributed by atoms with E-state index in [1.165, 1.54) is 5.70 Å². The van der Waals surface area contributed by atoms with E-state index in [4.69, 9.17) is 5.73 Å². The highest BCUT2D eigenvalue weighted by Crippen LogP contribution is 2.36. The largest absolute Gasteiger partial charge is 0.368 e. The molecule has 1 aromatic heterocycles. The third-order valence-corrected chi connectivity index (χ3v) is 5.02. The number of hydrogen-bond acceptors (Lipinski definition) is 6. The van der Waals surface area contributed by atoms with Gasteiger partial charge in [0.25, 0.3) is 0 Å². The molecule has 0 saturated carbocycles. The lowest BCUT2D eigenvalue weighted by Crippen LogP contribution is -2.33. The Labute approximate surface area is 144 Å². The minimum Gasteiger partial charge on any atom is -0.368 e. The van der Waals surface area contributed by atoms with Crippen molar-refractivity contribution < 1.29 is 0 Å². The highest BCUT2D eigenvalue weighted by atomic mass is 15.3. The van der Waals surface area contributed by atoms with E-state index in [9.17, 15) is 0 Å². The summed E-state index contributed by atoms with van der Waals surface area (Å²) in [5.41, 5.74) is 8.23. The van der Waals surface area contributed by atoms with Gasteiger partial charge in [0.1, 0.15) is 5.82 Å². The number of anilines is 2. The molecule has 24 heavy (non-hydrogen) atoms. The number of aromatic nitrogens is 2. The van der Waals surface area contributed by atoms with Crippen molar-refractivity contribution in [3.05, 3.63) is 35.7 Å². The van der Waals surface area contributed by atoms with Crippen LogP contribution in [0.1, 0.15) is 32.4 Å². The van der Waals surface area contributed by atoms with E-state index in [1.807, 2.05) is 7.05 Å². The average molecular weight is 328 g/mol. The van der Waals surface area contributed by atoms with Gasteiger partial charge in [0.2, 0.25) is 5.95 Å². The summed E-state index contributed by atoms with van der Waals surface area (Å²) in [7, 11) is 2.03. The van der Waals surface area contributed by atoms with Crippen molar-refractivity contribution >= 4 is 11.8 Å². The van der Waals surface area contributed by atoms with Crippen LogP contribution in [0.15, 0.2) is 30.0 Å². The van der Waals surface area contributed by atoms with Crippen LogP contribution >= 0.6 is 0 Å². The Morgan fingerprint density at radius 1 is 1.42 bits per heavy atom. The van der Waals surface area contributed by atoms with Gasteiger partial charge >= 0.3 is 0 Å². The average Bonchev–Trinajstić information content (AvgIpc) is 2.98. The van der Waals surface area contributed by atoms with E-state index in [-0.39, 0.29) is 0 Å². The molecular formula is C18H28N6. The zero-order valence-corrected chi connectivity index (χ0v) is 14.8. The Bertz CT molecular complexity index is 638. The maximum absolute atomic E-state index is 5.98. The molecule has 0 radical (unpaired) electrons. The standard InChI is InChI=1S/C18H28N6/c1-4-12(2)21-10-13-9-17(23-18(19)22-13)24-11-15(20-3)14-7-5-6-8-16(14)24/h5-6,8-9,12,14-15,20-21H,4,7,10-11H2,1-3H3,(H2,19,22,23)/t12?,14?,15-/m0/s1. The molecule has 0 bridgehead atoms. The zero-order chi connectivity index (χ0) is 17.1. The summed E-state index contributed by atoms with van der Waals surface area (Å²) < 4.78 is 0. The van der Waals surface area contributed by atoms with E-state index in [0.717, 1.165) is 30.9 Å². The molecule has 1 aromatic rings. The fourth-order valence-electron chi connectivity index (χ4n) is 3.40. The molecule has 130 valence electrons. The van der Waals surface area contributed by atoms with E-state index in [2.05, 4.69) is 63.6 Å². The monoisotopic (exact) mass is 328 g/mol. The van der Waals surface area contributed by atoms with E-state index < -0.39 is 0 Å². The molecule has 6 nitrogen and oxygen atoms in total. The molecule has 3 atom stereocenters. The van der Waals surface area contributed by atoms with Crippen molar-refractivity contribution in [3.63, 3.8) is 0 Å². The molecule has 0 amide bonds. The van der Waals surface area contributed by atoms with Crippen LogP contribution in [-0.4, -0.2) is 35.6 Å². The number of nitrogens with zero attached hydrogens (tertiary/aromatic N) is 3. The third-order valence-electron chi connectivity index (χ3n) is 5.02. The Hall–Kier alpha value is -1.92. The molecule has 2 heterocycles. The van der Waals surface area contributed by atoms with Crippen molar-refractivity contribution in [1.29, 1.82) is 0 Å². The fraction of sp³-hybridized carbons (Fsp3) is 0.556. The van der Waals surface area contributed by atoms with E-state index >= 15 is 0 Å². The second kappa shape index (κ2) is 7.32. The van der Waals surface area contributed by atoms with Crippen LogP contribution in [0.3, 0.4) is 0 Å². The molecule has 1 aliphatic carbocycles. The van der Waals surface area contributed by atoms with Gasteiger partial charge in [-0.05, 0) is 32.9 Å². The molecule has 2 unspecified atom stereocenters. The SMILES string of the molecule is CCC(C)NCc1cc(N2C[C@H](NC)C3CC=CC=C32)nc(N)n1. The summed E-state index contributed by atoms with van der Waals surface area (Å²) in [6.45, 7) is 5.96. The number of fused-ring (bicyclic) bond motifs is 1. The van der Waals surface area contributed by atoms with E-state index in [1.54, 1.807) is 0 Å². The number of hydrogen-bond donors (Lipinski definition) is 3. The molecule has 6 heteroatoms. The van der Waals surface area contributed by atoms with Crippen molar-refractivity contribution in [2.45, 2.75) is 45.3 Å². The topological polar surface area (TPSA) is 79.1 Å². The van der Waals surface area contributed by atoms with Gasteiger partial charge in [-0.2, -0.15) is 4.98 Å². The summed E-state index contributed by atoms with van der Waals surface area (Å²) in [6.07, 6.45) is 8.71. The normalized spacial score (nSPS) is 24.0. The molecule has 3 rings (SSSR count). The van der Waals surface area contributed by atoms with Crippen molar-refractivity contribution in [1.82, 2.24) is 20.6 Å². The van der Waals surface area contributed by atoms with Crippen molar-refractivity contribution in [2.24, 2.45) is 5.92 Å². The van der Waals surface area contributed by atoms with Gasteiger partial charge < -0.3 is 21.3 Å². The van der Waals surface area contributed by atoms with Crippen molar-refractivity contribution in [2.75, 3.05) is 24.2 Å². The predicted molar refractivity (Wildman–Crippen MR) is 98.6 cm³/mol. The molecule has 1 aliphatic heterocycles. The Morgan fingerprint density at radius 2 is 2.25 bits per heavy atom. The quantitative estimate of drug-likeness (QED) is 0.739. The fourth-order valence-corrected chi connectivity index (χ4v) is 3.40. The number of allylic oxidation sites excluding steroid dienone is 3. The summed E-state index contributed by atoms with van der Waals surface area (Å²) in [5, 5.41) is 6.90. The minimum absolute atomic E-state index is 0.338. The number of likely N-dealkylation sites (N-methyl/N-ethyl adjacent to an activating group) is 1. The van der Waals surface area contributed by atoms with Crippen LogP contribution in [0, 0.1) is 5.92 Å². The summed E-state index contributed by atoms with van der Waals surface area (Å²) in [4.78, 5) is 11.2. The molecule has 1 saturated heterocycles. The van der Waals surface area contributed by atoms with Gasteiger partial charge in [-0.3, -0.25) is 0 Å². The molecular weight excluding hydrogens is 300 g/mol. The number of rotatable bonds is 6. The lowest BCUT2D eigenvalue weighted by molar-refractivity contribution is 0.481. The first-order chi connectivity index (χ1) is 11.6. The van der Waals surface area contributed by atoms with Crippen LogP contribution < -0.4 is 21.3 Å². The first-order valence-electron chi connectivity index (χ1n) is 8.80. The minimum atomic E-state index is 0.338. The van der Waals surface area contributed by atoms with Gasteiger partial charge in [-0.25, -0.2) is 4.98 Å². The molecule has 4 N–H and O–H groups in total. The second-order valence-corrected chi connectivity index (χ2v) is 6.63. The Kier molecular flexibility index (Phi) is 5.16. The highest BCUT2D eigenvalue weighted by Gasteiger charge is 2.37. The second-order valence-electron chi connectivity index (χ2n) is 6.63. The summed E-state index contributed by atoms with van der Waals surface area (Å²) in [5.74, 6) is 1.73. The molecule has 2 aliphatic rings. The van der Waals surface area contributed by atoms with Crippen LogP contribution in [0.25, 0.3) is 0 Å².